The Hall–Kier alpha value is -0.500. The van der Waals surface area contributed by atoms with Gasteiger partial charge in [0.1, 0.15) is 10.7 Å². The standard InChI is InChI=1S/C13H20ClN3O2S2/c1-3-10-9-17(5-6-20-10)21(18,19)11-7-12(14)13(15-4-2)16-8-11/h7-8,10H,3-6,9H2,1-2H3,(H,15,16). The van der Waals surface area contributed by atoms with Gasteiger partial charge in [-0.3, -0.25) is 0 Å². The van der Waals surface area contributed by atoms with Gasteiger partial charge in [0.05, 0.1) is 5.02 Å². The van der Waals surface area contributed by atoms with Crippen molar-refractivity contribution < 1.29 is 8.42 Å². The van der Waals surface area contributed by atoms with E-state index in [2.05, 4.69) is 17.2 Å². The van der Waals surface area contributed by atoms with Crippen LogP contribution in [0.15, 0.2) is 17.2 Å². The Morgan fingerprint density at radius 3 is 2.90 bits per heavy atom. The fourth-order valence-electron chi connectivity index (χ4n) is 2.17. The quantitative estimate of drug-likeness (QED) is 0.885. The number of halogens is 1. The molecule has 1 aliphatic heterocycles. The molecule has 1 atom stereocenters. The monoisotopic (exact) mass is 349 g/mol. The predicted octanol–water partition coefficient (Wildman–Crippen LogP) is 2.68. The van der Waals surface area contributed by atoms with Gasteiger partial charge in [-0.15, -0.1) is 0 Å². The van der Waals surface area contributed by atoms with Crippen molar-refractivity contribution in [2.24, 2.45) is 0 Å². The zero-order chi connectivity index (χ0) is 15.5. The van der Waals surface area contributed by atoms with E-state index in [1.165, 1.54) is 16.6 Å². The van der Waals surface area contributed by atoms with E-state index in [1.54, 1.807) is 0 Å². The van der Waals surface area contributed by atoms with Crippen molar-refractivity contribution in [3.05, 3.63) is 17.3 Å². The molecule has 0 aromatic carbocycles. The molecule has 1 unspecified atom stereocenters. The van der Waals surface area contributed by atoms with Gasteiger partial charge in [-0.05, 0) is 19.4 Å². The second-order valence-corrected chi connectivity index (χ2v) is 8.55. The third-order valence-electron chi connectivity index (χ3n) is 3.35. The van der Waals surface area contributed by atoms with Crippen molar-refractivity contribution in [2.75, 3.05) is 30.7 Å². The minimum absolute atomic E-state index is 0.163. The van der Waals surface area contributed by atoms with Gasteiger partial charge in [-0.2, -0.15) is 16.1 Å². The summed E-state index contributed by atoms with van der Waals surface area (Å²) in [5.41, 5.74) is 0. The number of anilines is 1. The SMILES string of the molecule is CCNc1ncc(S(=O)(=O)N2CCSC(CC)C2)cc1Cl. The van der Waals surface area contributed by atoms with Crippen LogP contribution in [-0.4, -0.2) is 48.3 Å². The van der Waals surface area contributed by atoms with E-state index < -0.39 is 10.0 Å². The lowest BCUT2D eigenvalue weighted by molar-refractivity contribution is 0.416. The summed E-state index contributed by atoms with van der Waals surface area (Å²) in [6.07, 6.45) is 2.34. The second-order valence-electron chi connectivity index (χ2n) is 4.80. The maximum atomic E-state index is 12.7. The number of nitrogens with one attached hydrogen (secondary N) is 1. The van der Waals surface area contributed by atoms with Crippen LogP contribution in [0.4, 0.5) is 5.82 Å². The zero-order valence-corrected chi connectivity index (χ0v) is 14.6. The molecule has 2 heterocycles. The minimum atomic E-state index is -3.51. The maximum absolute atomic E-state index is 12.7. The fraction of sp³-hybridized carbons (Fsp3) is 0.615. The van der Waals surface area contributed by atoms with E-state index in [9.17, 15) is 8.42 Å². The third-order valence-corrected chi connectivity index (χ3v) is 6.85. The molecule has 1 fully saturated rings. The lowest BCUT2D eigenvalue weighted by Crippen LogP contribution is -2.41. The molecule has 1 saturated heterocycles. The molecule has 0 radical (unpaired) electrons. The Morgan fingerprint density at radius 1 is 1.52 bits per heavy atom. The first-order chi connectivity index (χ1) is 9.98. The first-order valence-electron chi connectivity index (χ1n) is 7.00. The van der Waals surface area contributed by atoms with Crippen molar-refractivity contribution in [3.63, 3.8) is 0 Å². The zero-order valence-electron chi connectivity index (χ0n) is 12.2. The summed E-state index contributed by atoms with van der Waals surface area (Å²) in [7, 11) is -3.51. The van der Waals surface area contributed by atoms with E-state index in [4.69, 9.17) is 11.6 Å². The molecule has 118 valence electrons. The summed E-state index contributed by atoms with van der Waals surface area (Å²) >= 11 is 7.93. The van der Waals surface area contributed by atoms with Gasteiger partial charge in [-0.1, -0.05) is 18.5 Å². The maximum Gasteiger partial charge on any atom is 0.244 e. The highest BCUT2D eigenvalue weighted by molar-refractivity contribution is 8.00. The molecular weight excluding hydrogens is 330 g/mol. The highest BCUT2D eigenvalue weighted by Crippen LogP contribution is 2.28. The lowest BCUT2D eigenvalue weighted by atomic mass is 10.3. The Labute approximate surface area is 135 Å². The van der Waals surface area contributed by atoms with Gasteiger partial charge < -0.3 is 5.32 Å². The van der Waals surface area contributed by atoms with Crippen molar-refractivity contribution in [2.45, 2.75) is 30.4 Å². The Bertz CT molecular complexity index is 595. The fourth-order valence-corrected chi connectivity index (χ4v) is 5.31. The van der Waals surface area contributed by atoms with Crippen LogP contribution in [0.5, 0.6) is 0 Å². The number of thioether (sulfide) groups is 1. The molecule has 0 spiro atoms. The number of sulfonamides is 1. The Morgan fingerprint density at radius 2 is 2.29 bits per heavy atom. The molecule has 1 aliphatic rings. The molecule has 5 nitrogen and oxygen atoms in total. The summed E-state index contributed by atoms with van der Waals surface area (Å²) in [6.45, 7) is 5.78. The average molecular weight is 350 g/mol. The molecule has 1 aromatic rings. The van der Waals surface area contributed by atoms with Crippen LogP contribution >= 0.6 is 23.4 Å². The molecule has 0 amide bonds. The van der Waals surface area contributed by atoms with Gasteiger partial charge >= 0.3 is 0 Å². The van der Waals surface area contributed by atoms with E-state index >= 15 is 0 Å². The molecule has 1 aromatic heterocycles. The molecule has 0 bridgehead atoms. The van der Waals surface area contributed by atoms with Gasteiger partial charge in [0.2, 0.25) is 10.0 Å². The first kappa shape index (κ1) is 16.9. The molecule has 8 heteroatoms. The molecular formula is C13H20ClN3O2S2. The molecule has 1 N–H and O–H groups in total. The smallest absolute Gasteiger partial charge is 0.244 e. The summed E-state index contributed by atoms with van der Waals surface area (Å²) in [6, 6.07) is 1.48. The van der Waals surface area contributed by atoms with Crippen LogP contribution in [0.25, 0.3) is 0 Å². The van der Waals surface area contributed by atoms with Crippen LogP contribution in [-0.2, 0) is 10.0 Å². The van der Waals surface area contributed by atoms with Crippen molar-refractivity contribution in [3.8, 4) is 0 Å². The topological polar surface area (TPSA) is 62.3 Å². The van der Waals surface area contributed by atoms with Gasteiger partial charge in [0, 0.05) is 36.8 Å². The number of rotatable bonds is 5. The van der Waals surface area contributed by atoms with Crippen LogP contribution in [0.2, 0.25) is 5.02 Å². The van der Waals surface area contributed by atoms with E-state index in [0.29, 0.717) is 35.7 Å². The van der Waals surface area contributed by atoms with E-state index in [-0.39, 0.29) is 4.90 Å². The normalized spacial score (nSPS) is 20.4. The predicted molar refractivity (Wildman–Crippen MR) is 88.7 cm³/mol. The third kappa shape index (κ3) is 3.83. The number of pyridine rings is 1. The first-order valence-corrected chi connectivity index (χ1v) is 9.86. The minimum Gasteiger partial charge on any atom is -0.369 e. The molecule has 0 aliphatic carbocycles. The van der Waals surface area contributed by atoms with E-state index in [1.807, 2.05) is 18.7 Å². The number of hydrogen-bond acceptors (Lipinski definition) is 5. The summed E-state index contributed by atoms with van der Waals surface area (Å²) in [5, 5.41) is 3.68. The highest BCUT2D eigenvalue weighted by Gasteiger charge is 2.30. The van der Waals surface area contributed by atoms with Crippen LogP contribution in [0.1, 0.15) is 20.3 Å². The largest absolute Gasteiger partial charge is 0.369 e. The Balaban J connectivity index is 2.25. The Kier molecular flexibility index (Phi) is 5.76. The van der Waals surface area contributed by atoms with Gasteiger partial charge in [0.25, 0.3) is 0 Å². The number of aromatic nitrogens is 1. The average Bonchev–Trinajstić information content (AvgIpc) is 2.49. The summed E-state index contributed by atoms with van der Waals surface area (Å²) in [4.78, 5) is 4.28. The van der Waals surface area contributed by atoms with Crippen LogP contribution in [0.3, 0.4) is 0 Å². The van der Waals surface area contributed by atoms with Gasteiger partial charge in [-0.25, -0.2) is 13.4 Å². The molecule has 21 heavy (non-hydrogen) atoms. The van der Waals surface area contributed by atoms with E-state index in [0.717, 1.165) is 12.2 Å². The highest BCUT2D eigenvalue weighted by atomic mass is 35.5. The summed E-state index contributed by atoms with van der Waals surface area (Å²) in [5.74, 6) is 1.34. The van der Waals surface area contributed by atoms with Crippen LogP contribution in [0, 0.1) is 0 Å². The van der Waals surface area contributed by atoms with Crippen LogP contribution < -0.4 is 5.32 Å². The molecule has 2 rings (SSSR count). The van der Waals surface area contributed by atoms with Crippen molar-refractivity contribution in [1.29, 1.82) is 0 Å². The molecule has 0 saturated carbocycles. The van der Waals surface area contributed by atoms with Crippen molar-refractivity contribution in [1.82, 2.24) is 9.29 Å². The lowest BCUT2D eigenvalue weighted by Gasteiger charge is -2.31. The second kappa shape index (κ2) is 7.17. The number of hydrogen-bond donors (Lipinski definition) is 1. The van der Waals surface area contributed by atoms with Crippen molar-refractivity contribution >= 4 is 39.2 Å². The number of nitrogens with zero attached hydrogens (tertiary/aromatic N) is 2. The van der Waals surface area contributed by atoms with Gasteiger partial charge in [0.15, 0.2) is 0 Å². The summed E-state index contributed by atoms with van der Waals surface area (Å²) < 4.78 is 26.9.